The van der Waals surface area contributed by atoms with Crippen molar-refractivity contribution < 1.29 is 4.74 Å². The third kappa shape index (κ3) is 2.96. The van der Waals surface area contributed by atoms with Crippen LogP contribution in [0.5, 0.6) is 0 Å². The topological polar surface area (TPSA) is 38.5 Å². The van der Waals surface area contributed by atoms with Gasteiger partial charge >= 0.3 is 0 Å². The first-order valence-corrected chi connectivity index (χ1v) is 6.79. The average Bonchev–Trinajstić information content (AvgIpc) is 2.78. The molecule has 0 amide bonds. The van der Waals surface area contributed by atoms with Gasteiger partial charge in [0.05, 0.1) is 6.61 Å². The normalized spacial score (nSPS) is 35.8. The van der Waals surface area contributed by atoms with Crippen molar-refractivity contribution in [2.75, 3.05) is 33.4 Å². The molecule has 1 saturated carbocycles. The highest BCUT2D eigenvalue weighted by molar-refractivity contribution is 4.85. The van der Waals surface area contributed by atoms with Gasteiger partial charge < -0.3 is 15.4 Å². The first-order valence-electron chi connectivity index (χ1n) is 6.79. The van der Waals surface area contributed by atoms with Crippen LogP contribution < -0.4 is 5.73 Å². The van der Waals surface area contributed by atoms with E-state index in [2.05, 4.69) is 11.9 Å². The van der Waals surface area contributed by atoms with Crippen LogP contribution in [0.25, 0.3) is 0 Å². The molecule has 1 heterocycles. The molecule has 2 rings (SSSR count). The molecule has 94 valence electrons. The van der Waals surface area contributed by atoms with Gasteiger partial charge in [-0.15, -0.1) is 0 Å². The first-order chi connectivity index (χ1) is 7.81. The summed E-state index contributed by atoms with van der Waals surface area (Å²) >= 11 is 0. The van der Waals surface area contributed by atoms with Gasteiger partial charge in [0.25, 0.3) is 0 Å². The fraction of sp³-hybridized carbons (Fsp3) is 1.00. The molecule has 1 aliphatic carbocycles. The van der Waals surface area contributed by atoms with Crippen molar-refractivity contribution in [2.24, 2.45) is 17.6 Å². The monoisotopic (exact) mass is 226 g/mol. The molecule has 0 aromatic carbocycles. The summed E-state index contributed by atoms with van der Waals surface area (Å²) < 4.78 is 5.55. The molecule has 16 heavy (non-hydrogen) atoms. The lowest BCUT2D eigenvalue weighted by atomic mass is 9.98. The minimum absolute atomic E-state index is 0.729. The Kier molecular flexibility index (Phi) is 4.62. The summed E-state index contributed by atoms with van der Waals surface area (Å²) in [4.78, 5) is 2.55. The molecule has 3 nitrogen and oxygen atoms in total. The van der Waals surface area contributed by atoms with Crippen LogP contribution >= 0.6 is 0 Å². The van der Waals surface area contributed by atoms with Crippen molar-refractivity contribution in [3.8, 4) is 0 Å². The van der Waals surface area contributed by atoms with Gasteiger partial charge in [-0.1, -0.05) is 6.42 Å². The second-order valence-corrected chi connectivity index (χ2v) is 5.52. The lowest BCUT2D eigenvalue weighted by Crippen LogP contribution is -2.41. The molecular weight excluding hydrogens is 200 g/mol. The van der Waals surface area contributed by atoms with E-state index in [1.807, 2.05) is 0 Å². The maximum atomic E-state index is 5.84. The van der Waals surface area contributed by atoms with Gasteiger partial charge in [-0.2, -0.15) is 0 Å². The molecule has 0 spiro atoms. The predicted molar refractivity (Wildman–Crippen MR) is 66.4 cm³/mol. The number of nitrogens with two attached hydrogens (primary N) is 1. The van der Waals surface area contributed by atoms with Crippen LogP contribution in [0, 0.1) is 11.8 Å². The number of ether oxygens (including phenoxy) is 1. The predicted octanol–water partition coefficient (Wildman–Crippen LogP) is 1.47. The smallest absolute Gasteiger partial charge is 0.0506 e. The lowest BCUT2D eigenvalue weighted by Gasteiger charge is -2.33. The number of nitrogens with zero attached hydrogens (tertiary/aromatic N) is 1. The zero-order valence-electron chi connectivity index (χ0n) is 10.5. The fourth-order valence-electron chi connectivity index (χ4n) is 3.37. The standard InChI is InChI=1S/C13H26N2O/c1-15(9-11-4-3-7-16-10-11)13-6-2-5-12(13)8-14/h11-13H,2-10,14H2,1H3. The summed E-state index contributed by atoms with van der Waals surface area (Å²) in [6, 6.07) is 0.729. The van der Waals surface area contributed by atoms with Gasteiger partial charge in [-0.05, 0) is 51.1 Å². The van der Waals surface area contributed by atoms with E-state index in [0.29, 0.717) is 0 Å². The van der Waals surface area contributed by atoms with Gasteiger partial charge in [-0.25, -0.2) is 0 Å². The van der Waals surface area contributed by atoms with E-state index in [-0.39, 0.29) is 0 Å². The van der Waals surface area contributed by atoms with Crippen LogP contribution in [0.3, 0.4) is 0 Å². The molecule has 3 unspecified atom stereocenters. The summed E-state index contributed by atoms with van der Waals surface area (Å²) in [5.41, 5.74) is 5.84. The van der Waals surface area contributed by atoms with E-state index in [1.165, 1.54) is 38.6 Å². The lowest BCUT2D eigenvalue weighted by molar-refractivity contribution is 0.0334. The molecule has 0 aromatic heterocycles. The van der Waals surface area contributed by atoms with Crippen molar-refractivity contribution in [3.05, 3.63) is 0 Å². The van der Waals surface area contributed by atoms with Gasteiger partial charge in [-0.3, -0.25) is 0 Å². The largest absolute Gasteiger partial charge is 0.381 e. The molecule has 3 heteroatoms. The Morgan fingerprint density at radius 1 is 1.25 bits per heavy atom. The van der Waals surface area contributed by atoms with Crippen molar-refractivity contribution in [2.45, 2.75) is 38.1 Å². The average molecular weight is 226 g/mol. The van der Waals surface area contributed by atoms with E-state index in [1.54, 1.807) is 0 Å². The zero-order chi connectivity index (χ0) is 11.4. The molecule has 3 atom stereocenters. The second kappa shape index (κ2) is 5.99. The second-order valence-electron chi connectivity index (χ2n) is 5.52. The van der Waals surface area contributed by atoms with Crippen molar-refractivity contribution >= 4 is 0 Å². The summed E-state index contributed by atoms with van der Waals surface area (Å²) in [5.74, 6) is 1.48. The molecule has 2 fully saturated rings. The molecule has 0 radical (unpaired) electrons. The Balaban J connectivity index is 1.79. The third-order valence-electron chi connectivity index (χ3n) is 4.29. The Hall–Kier alpha value is -0.120. The minimum Gasteiger partial charge on any atom is -0.381 e. The molecule has 2 N–H and O–H groups in total. The Labute approximate surface area is 99.3 Å². The Morgan fingerprint density at radius 3 is 2.81 bits per heavy atom. The highest BCUT2D eigenvalue weighted by Gasteiger charge is 2.30. The van der Waals surface area contributed by atoms with Crippen LogP contribution in [-0.4, -0.2) is 44.3 Å². The molecule has 2 aliphatic rings. The Bertz CT molecular complexity index is 204. The van der Waals surface area contributed by atoms with Crippen LogP contribution in [0.4, 0.5) is 0 Å². The zero-order valence-corrected chi connectivity index (χ0v) is 10.5. The molecule has 1 aliphatic heterocycles. The summed E-state index contributed by atoms with van der Waals surface area (Å²) in [5, 5.41) is 0. The van der Waals surface area contributed by atoms with E-state index < -0.39 is 0 Å². The molecule has 0 bridgehead atoms. The van der Waals surface area contributed by atoms with Crippen LogP contribution in [-0.2, 0) is 4.74 Å². The summed E-state index contributed by atoms with van der Waals surface area (Å²) in [6.07, 6.45) is 6.60. The van der Waals surface area contributed by atoms with Crippen molar-refractivity contribution in [1.29, 1.82) is 0 Å². The molecular formula is C13H26N2O. The molecule has 0 aromatic rings. The number of hydrogen-bond acceptors (Lipinski definition) is 3. The quantitative estimate of drug-likeness (QED) is 0.789. The number of rotatable bonds is 4. The van der Waals surface area contributed by atoms with E-state index in [0.717, 1.165) is 37.6 Å². The minimum atomic E-state index is 0.729. The van der Waals surface area contributed by atoms with Crippen molar-refractivity contribution in [1.82, 2.24) is 4.90 Å². The van der Waals surface area contributed by atoms with Crippen LogP contribution in [0.15, 0.2) is 0 Å². The van der Waals surface area contributed by atoms with Gasteiger partial charge in [0, 0.05) is 19.2 Å². The van der Waals surface area contributed by atoms with Gasteiger partial charge in [0.2, 0.25) is 0 Å². The van der Waals surface area contributed by atoms with Crippen molar-refractivity contribution in [3.63, 3.8) is 0 Å². The van der Waals surface area contributed by atoms with E-state index in [9.17, 15) is 0 Å². The van der Waals surface area contributed by atoms with Gasteiger partial charge in [0.1, 0.15) is 0 Å². The highest BCUT2D eigenvalue weighted by Crippen LogP contribution is 2.29. The van der Waals surface area contributed by atoms with E-state index in [4.69, 9.17) is 10.5 Å². The SMILES string of the molecule is CN(CC1CCCOC1)C1CCCC1CN. The van der Waals surface area contributed by atoms with Crippen LogP contribution in [0.2, 0.25) is 0 Å². The summed E-state index contributed by atoms with van der Waals surface area (Å²) in [7, 11) is 2.27. The maximum absolute atomic E-state index is 5.84. The first kappa shape index (κ1) is 12.3. The fourth-order valence-corrected chi connectivity index (χ4v) is 3.37. The summed E-state index contributed by atoms with van der Waals surface area (Å²) in [6.45, 7) is 3.98. The maximum Gasteiger partial charge on any atom is 0.0506 e. The van der Waals surface area contributed by atoms with Gasteiger partial charge in [0.15, 0.2) is 0 Å². The van der Waals surface area contributed by atoms with Crippen LogP contribution in [0.1, 0.15) is 32.1 Å². The Morgan fingerprint density at radius 2 is 2.12 bits per heavy atom. The molecule has 1 saturated heterocycles. The van der Waals surface area contributed by atoms with E-state index >= 15 is 0 Å². The third-order valence-corrected chi connectivity index (χ3v) is 4.29. The highest BCUT2D eigenvalue weighted by atomic mass is 16.5. The number of hydrogen-bond donors (Lipinski definition) is 1.